The van der Waals surface area contributed by atoms with E-state index >= 15 is 0 Å². The van der Waals surface area contributed by atoms with Gasteiger partial charge in [0.05, 0.1) is 29.2 Å². The molecule has 0 N–H and O–H groups in total. The highest BCUT2D eigenvalue weighted by molar-refractivity contribution is 6.32. The summed E-state index contributed by atoms with van der Waals surface area (Å²) in [4.78, 5) is 19.2. The molecule has 0 atom stereocenters. The maximum absolute atomic E-state index is 13.8. The molecular weight excluding hydrogens is 623 g/mol. The van der Waals surface area contributed by atoms with E-state index < -0.39 is 17.3 Å². The third-order valence-electron chi connectivity index (χ3n) is 9.00. The quantitative estimate of drug-likeness (QED) is 0.144. The van der Waals surface area contributed by atoms with E-state index in [4.69, 9.17) is 16.3 Å². The Morgan fingerprint density at radius 1 is 0.851 bits per heavy atom. The zero-order valence-electron chi connectivity index (χ0n) is 26.8. The Balaban J connectivity index is 1.35. The van der Waals surface area contributed by atoms with Gasteiger partial charge in [-0.25, -0.2) is 0 Å². The van der Waals surface area contributed by atoms with Crippen molar-refractivity contribution in [3.63, 3.8) is 0 Å². The SMILES string of the molecule is CN1CCN(C(=O)Cc2cccc(OCCCN(Cc3cccc(C(F)(F)F)c3Cl)C(C)(c3ccccc3)c3ccccc3)c2)CC1. The molecule has 1 amide bonds. The summed E-state index contributed by atoms with van der Waals surface area (Å²) in [7, 11) is 2.06. The van der Waals surface area contributed by atoms with E-state index in [-0.39, 0.29) is 17.5 Å². The van der Waals surface area contributed by atoms with Gasteiger partial charge in [0, 0.05) is 39.3 Å². The molecular formula is C38H41ClF3N3O2. The van der Waals surface area contributed by atoms with E-state index in [1.165, 1.54) is 6.07 Å². The lowest BCUT2D eigenvalue weighted by Crippen LogP contribution is -2.47. The van der Waals surface area contributed by atoms with Crippen LogP contribution in [0.25, 0.3) is 0 Å². The largest absolute Gasteiger partial charge is 0.494 e. The summed E-state index contributed by atoms with van der Waals surface area (Å²) in [5.74, 6) is 0.787. The zero-order chi connectivity index (χ0) is 33.4. The average molecular weight is 664 g/mol. The average Bonchev–Trinajstić information content (AvgIpc) is 3.07. The predicted octanol–water partition coefficient (Wildman–Crippen LogP) is 7.91. The molecule has 0 radical (unpaired) electrons. The lowest BCUT2D eigenvalue weighted by Gasteiger charge is -2.43. The highest BCUT2D eigenvalue weighted by Crippen LogP contribution is 2.40. The third kappa shape index (κ3) is 8.55. The maximum Gasteiger partial charge on any atom is 0.417 e. The van der Waals surface area contributed by atoms with Crippen molar-refractivity contribution in [2.24, 2.45) is 0 Å². The molecule has 248 valence electrons. The van der Waals surface area contributed by atoms with Gasteiger partial charge >= 0.3 is 6.18 Å². The fraction of sp³-hybridized carbons (Fsp3) is 0.342. The molecule has 4 aromatic rings. The highest BCUT2D eigenvalue weighted by Gasteiger charge is 2.38. The minimum Gasteiger partial charge on any atom is -0.494 e. The molecule has 5 nitrogen and oxygen atoms in total. The van der Waals surface area contributed by atoms with Crippen LogP contribution in [-0.2, 0) is 29.5 Å². The Morgan fingerprint density at radius 2 is 1.47 bits per heavy atom. The summed E-state index contributed by atoms with van der Waals surface area (Å²) in [5, 5.41) is -0.285. The van der Waals surface area contributed by atoms with Crippen molar-refractivity contribution in [3.05, 3.63) is 136 Å². The number of rotatable bonds is 12. The number of carbonyl (C=O) groups excluding carboxylic acids is 1. The van der Waals surface area contributed by atoms with Crippen LogP contribution >= 0.6 is 11.6 Å². The minimum absolute atomic E-state index is 0.111. The first-order chi connectivity index (χ1) is 22.6. The molecule has 47 heavy (non-hydrogen) atoms. The monoisotopic (exact) mass is 663 g/mol. The molecule has 1 fully saturated rings. The van der Waals surface area contributed by atoms with Crippen LogP contribution in [0.5, 0.6) is 5.75 Å². The fourth-order valence-electron chi connectivity index (χ4n) is 6.18. The summed E-state index contributed by atoms with van der Waals surface area (Å²) in [5.41, 5.74) is 1.78. The number of halogens is 4. The van der Waals surface area contributed by atoms with E-state index in [9.17, 15) is 18.0 Å². The molecule has 5 rings (SSSR count). The van der Waals surface area contributed by atoms with Gasteiger partial charge in [-0.2, -0.15) is 13.2 Å². The number of amides is 1. The Labute approximate surface area is 280 Å². The van der Waals surface area contributed by atoms with Crippen molar-refractivity contribution in [1.82, 2.24) is 14.7 Å². The first-order valence-electron chi connectivity index (χ1n) is 15.9. The van der Waals surface area contributed by atoms with E-state index in [2.05, 4.69) is 23.8 Å². The van der Waals surface area contributed by atoms with Crippen LogP contribution in [0.2, 0.25) is 5.02 Å². The third-order valence-corrected chi connectivity index (χ3v) is 9.45. The molecule has 0 bridgehead atoms. The van der Waals surface area contributed by atoms with Crippen LogP contribution in [0, 0.1) is 0 Å². The van der Waals surface area contributed by atoms with Gasteiger partial charge in [0.25, 0.3) is 0 Å². The number of piperazine rings is 1. The molecule has 0 unspecified atom stereocenters. The lowest BCUT2D eigenvalue weighted by atomic mass is 9.82. The van der Waals surface area contributed by atoms with Crippen LogP contribution in [0.15, 0.2) is 103 Å². The Hall–Kier alpha value is -3.85. The van der Waals surface area contributed by atoms with E-state index in [1.807, 2.05) is 89.8 Å². The van der Waals surface area contributed by atoms with Crippen molar-refractivity contribution < 1.29 is 22.7 Å². The van der Waals surface area contributed by atoms with Gasteiger partial charge in [0.2, 0.25) is 5.91 Å². The zero-order valence-corrected chi connectivity index (χ0v) is 27.6. The summed E-state index contributed by atoms with van der Waals surface area (Å²) in [6.07, 6.45) is -3.65. The van der Waals surface area contributed by atoms with Gasteiger partial charge in [0.1, 0.15) is 5.75 Å². The summed E-state index contributed by atoms with van der Waals surface area (Å²) in [6, 6.07) is 31.6. The molecule has 4 aromatic carbocycles. The highest BCUT2D eigenvalue weighted by atomic mass is 35.5. The minimum atomic E-state index is -4.56. The Bertz CT molecular complexity index is 1570. The molecule has 1 heterocycles. The van der Waals surface area contributed by atoms with Gasteiger partial charge in [0.15, 0.2) is 0 Å². The number of hydrogen-bond donors (Lipinski definition) is 0. The normalized spacial score (nSPS) is 14.4. The van der Waals surface area contributed by atoms with Gasteiger partial charge < -0.3 is 14.5 Å². The molecule has 9 heteroatoms. The number of nitrogens with zero attached hydrogens (tertiary/aromatic N) is 3. The summed E-state index contributed by atoms with van der Waals surface area (Å²) < 4.78 is 47.6. The number of likely N-dealkylation sites (N-methyl/N-ethyl adjacent to an activating group) is 1. The van der Waals surface area contributed by atoms with Crippen molar-refractivity contribution in [3.8, 4) is 5.75 Å². The predicted molar refractivity (Wildman–Crippen MR) is 181 cm³/mol. The van der Waals surface area contributed by atoms with Crippen LogP contribution in [0.3, 0.4) is 0 Å². The van der Waals surface area contributed by atoms with E-state index in [0.717, 1.165) is 48.9 Å². The van der Waals surface area contributed by atoms with Crippen LogP contribution in [-0.4, -0.2) is 67.0 Å². The number of hydrogen-bond acceptors (Lipinski definition) is 4. The number of benzene rings is 4. The van der Waals surface area contributed by atoms with E-state index in [0.29, 0.717) is 37.3 Å². The number of alkyl halides is 3. The van der Waals surface area contributed by atoms with Crippen LogP contribution in [0.1, 0.15) is 41.2 Å². The van der Waals surface area contributed by atoms with Crippen molar-refractivity contribution in [2.45, 2.75) is 38.0 Å². The van der Waals surface area contributed by atoms with Crippen molar-refractivity contribution in [2.75, 3.05) is 46.4 Å². The van der Waals surface area contributed by atoms with Gasteiger partial charge in [-0.15, -0.1) is 0 Å². The second-order valence-corrected chi connectivity index (χ2v) is 12.6. The van der Waals surface area contributed by atoms with Gasteiger partial charge in [-0.05, 0) is 60.8 Å². The Morgan fingerprint density at radius 3 is 2.09 bits per heavy atom. The van der Waals surface area contributed by atoms with E-state index in [1.54, 1.807) is 6.07 Å². The summed E-state index contributed by atoms with van der Waals surface area (Å²) in [6.45, 7) is 6.39. The second-order valence-electron chi connectivity index (χ2n) is 12.2. The molecule has 1 saturated heterocycles. The molecule has 0 aromatic heterocycles. The Kier molecular flexibility index (Phi) is 11.3. The van der Waals surface area contributed by atoms with Crippen molar-refractivity contribution in [1.29, 1.82) is 0 Å². The van der Waals surface area contributed by atoms with Crippen molar-refractivity contribution >= 4 is 17.5 Å². The molecule has 0 aliphatic carbocycles. The smallest absolute Gasteiger partial charge is 0.417 e. The standard InChI is InChI=1S/C38H41ClF3N3O2/c1-37(31-14-5-3-6-15-31,32-16-7-4-8-17-32)45(28-30-13-10-19-34(36(30)39)38(40,41)42)20-11-25-47-33-18-9-12-29(26-33)27-35(46)44-23-21-43(2)22-24-44/h3-10,12-19,26H,11,20-25,27-28H2,1-2H3. The first-order valence-corrected chi connectivity index (χ1v) is 16.3. The van der Waals surface area contributed by atoms with Crippen LogP contribution in [0.4, 0.5) is 13.2 Å². The first kappa shape index (κ1) is 34.5. The molecule has 0 spiro atoms. The molecule has 0 saturated carbocycles. The topological polar surface area (TPSA) is 36.0 Å². The van der Waals surface area contributed by atoms with Crippen LogP contribution < -0.4 is 4.74 Å². The molecule has 1 aliphatic rings. The number of carbonyl (C=O) groups is 1. The maximum atomic E-state index is 13.8. The van der Waals surface area contributed by atoms with Gasteiger partial charge in [-0.3, -0.25) is 9.69 Å². The van der Waals surface area contributed by atoms with Gasteiger partial charge in [-0.1, -0.05) is 96.5 Å². The fourth-order valence-corrected chi connectivity index (χ4v) is 6.47. The number of ether oxygens (including phenoxy) is 1. The second kappa shape index (κ2) is 15.4. The lowest BCUT2D eigenvalue weighted by molar-refractivity contribution is -0.137. The molecule has 1 aliphatic heterocycles. The summed E-state index contributed by atoms with van der Waals surface area (Å²) >= 11 is 6.43.